The summed E-state index contributed by atoms with van der Waals surface area (Å²) in [5, 5.41) is 4.45. The summed E-state index contributed by atoms with van der Waals surface area (Å²) in [6.07, 6.45) is 5.07. The van der Waals surface area contributed by atoms with Crippen molar-refractivity contribution in [3.63, 3.8) is 0 Å². The molecule has 0 amide bonds. The van der Waals surface area contributed by atoms with Gasteiger partial charge < -0.3 is 0 Å². The molecular formula is C18H18N2. The third-order valence-corrected chi connectivity index (χ3v) is 3.49. The average molecular weight is 262 g/mol. The second-order valence-corrected chi connectivity index (χ2v) is 5.09. The van der Waals surface area contributed by atoms with Gasteiger partial charge in [0.05, 0.1) is 6.20 Å². The minimum atomic E-state index is 0.913. The van der Waals surface area contributed by atoms with E-state index in [1.54, 1.807) is 0 Å². The van der Waals surface area contributed by atoms with Crippen LogP contribution in [0.4, 0.5) is 0 Å². The molecule has 0 fully saturated rings. The summed E-state index contributed by atoms with van der Waals surface area (Å²) in [5.74, 6) is 0. The van der Waals surface area contributed by atoms with E-state index in [1.165, 1.54) is 22.3 Å². The Balaban J connectivity index is 1.69. The van der Waals surface area contributed by atoms with E-state index in [0.717, 1.165) is 13.0 Å². The molecule has 0 atom stereocenters. The molecule has 0 N–H and O–H groups in total. The van der Waals surface area contributed by atoms with E-state index in [2.05, 4.69) is 66.8 Å². The Morgan fingerprint density at radius 2 is 1.65 bits per heavy atom. The zero-order chi connectivity index (χ0) is 13.8. The lowest BCUT2D eigenvalue weighted by Gasteiger charge is -2.01. The van der Waals surface area contributed by atoms with Gasteiger partial charge in [-0.05, 0) is 24.5 Å². The SMILES string of the molecule is Cc1ccc(-c2cnn(CCc3ccccc3)c2)cc1. The number of benzene rings is 2. The highest BCUT2D eigenvalue weighted by Gasteiger charge is 2.01. The molecule has 2 heteroatoms. The van der Waals surface area contributed by atoms with Gasteiger partial charge in [-0.25, -0.2) is 0 Å². The molecular weight excluding hydrogens is 244 g/mol. The van der Waals surface area contributed by atoms with Crippen LogP contribution in [0.5, 0.6) is 0 Å². The van der Waals surface area contributed by atoms with Crippen molar-refractivity contribution in [3.05, 3.63) is 78.1 Å². The summed E-state index contributed by atoms with van der Waals surface area (Å²) in [6, 6.07) is 19.1. The number of hydrogen-bond donors (Lipinski definition) is 0. The third-order valence-electron chi connectivity index (χ3n) is 3.49. The van der Waals surface area contributed by atoms with Crippen LogP contribution >= 0.6 is 0 Å². The molecule has 0 unspecified atom stereocenters. The van der Waals surface area contributed by atoms with Gasteiger partial charge >= 0.3 is 0 Å². The molecule has 20 heavy (non-hydrogen) atoms. The summed E-state index contributed by atoms with van der Waals surface area (Å²) < 4.78 is 2.02. The van der Waals surface area contributed by atoms with Gasteiger partial charge in [0, 0.05) is 18.3 Å². The first-order valence-electron chi connectivity index (χ1n) is 6.95. The largest absolute Gasteiger partial charge is 0.272 e. The predicted molar refractivity (Wildman–Crippen MR) is 82.5 cm³/mol. The third kappa shape index (κ3) is 2.97. The molecule has 0 spiro atoms. The molecule has 1 aromatic heterocycles. The van der Waals surface area contributed by atoms with E-state index in [9.17, 15) is 0 Å². The first kappa shape index (κ1) is 12.7. The Hall–Kier alpha value is -2.35. The molecule has 2 nitrogen and oxygen atoms in total. The van der Waals surface area contributed by atoms with Crippen molar-refractivity contribution < 1.29 is 0 Å². The van der Waals surface area contributed by atoms with Crippen molar-refractivity contribution in [1.29, 1.82) is 0 Å². The van der Waals surface area contributed by atoms with Gasteiger partial charge in [0.15, 0.2) is 0 Å². The number of aromatic nitrogens is 2. The lowest BCUT2D eigenvalue weighted by Crippen LogP contribution is -2.01. The van der Waals surface area contributed by atoms with Gasteiger partial charge in [0.2, 0.25) is 0 Å². The molecule has 0 saturated carbocycles. The van der Waals surface area contributed by atoms with Crippen LogP contribution in [0.1, 0.15) is 11.1 Å². The highest BCUT2D eigenvalue weighted by atomic mass is 15.3. The molecule has 0 aliphatic heterocycles. The predicted octanol–water partition coefficient (Wildman–Crippen LogP) is 4.10. The topological polar surface area (TPSA) is 17.8 Å². The molecule has 0 radical (unpaired) electrons. The quantitative estimate of drug-likeness (QED) is 0.692. The van der Waals surface area contributed by atoms with Crippen molar-refractivity contribution in [2.75, 3.05) is 0 Å². The summed E-state index contributed by atoms with van der Waals surface area (Å²) in [7, 11) is 0. The van der Waals surface area contributed by atoms with Crippen LogP contribution in [0.2, 0.25) is 0 Å². The summed E-state index contributed by atoms with van der Waals surface area (Å²) in [4.78, 5) is 0. The molecule has 0 saturated heterocycles. The monoisotopic (exact) mass is 262 g/mol. The Bertz CT molecular complexity index is 666. The van der Waals surface area contributed by atoms with E-state index in [0.29, 0.717) is 0 Å². The van der Waals surface area contributed by atoms with E-state index in [4.69, 9.17) is 0 Å². The van der Waals surface area contributed by atoms with E-state index >= 15 is 0 Å². The number of hydrogen-bond acceptors (Lipinski definition) is 1. The summed E-state index contributed by atoms with van der Waals surface area (Å²) in [5.41, 5.74) is 5.03. The van der Waals surface area contributed by atoms with Crippen LogP contribution in [0.25, 0.3) is 11.1 Å². The highest BCUT2D eigenvalue weighted by Crippen LogP contribution is 2.19. The Labute approximate surface area is 119 Å². The first-order chi connectivity index (χ1) is 9.81. The Kier molecular flexibility index (Phi) is 3.64. The molecule has 100 valence electrons. The number of nitrogens with zero attached hydrogens (tertiary/aromatic N) is 2. The molecule has 2 aromatic carbocycles. The van der Waals surface area contributed by atoms with Gasteiger partial charge in [-0.15, -0.1) is 0 Å². The fourth-order valence-corrected chi connectivity index (χ4v) is 2.27. The highest BCUT2D eigenvalue weighted by molar-refractivity contribution is 5.61. The van der Waals surface area contributed by atoms with Crippen molar-refractivity contribution in [1.82, 2.24) is 9.78 Å². The molecule has 1 heterocycles. The van der Waals surface area contributed by atoms with Crippen LogP contribution in [0.15, 0.2) is 67.0 Å². The van der Waals surface area contributed by atoms with Gasteiger partial charge in [-0.1, -0.05) is 60.2 Å². The number of aryl methyl sites for hydroxylation is 3. The normalized spacial score (nSPS) is 10.7. The fraction of sp³-hybridized carbons (Fsp3) is 0.167. The second-order valence-electron chi connectivity index (χ2n) is 5.09. The van der Waals surface area contributed by atoms with Gasteiger partial charge in [0.25, 0.3) is 0 Å². The molecule has 3 aromatic rings. The maximum Gasteiger partial charge on any atom is 0.0568 e. The standard InChI is InChI=1S/C18H18N2/c1-15-7-9-17(10-8-15)18-13-19-20(14-18)12-11-16-5-3-2-4-6-16/h2-10,13-14H,11-12H2,1H3. The molecule has 3 rings (SSSR count). The van der Waals surface area contributed by atoms with Gasteiger partial charge in [-0.3, -0.25) is 4.68 Å². The van der Waals surface area contributed by atoms with Gasteiger partial charge in [-0.2, -0.15) is 5.10 Å². The van der Waals surface area contributed by atoms with E-state index in [1.807, 2.05) is 16.9 Å². The van der Waals surface area contributed by atoms with Crippen LogP contribution in [-0.4, -0.2) is 9.78 Å². The van der Waals surface area contributed by atoms with Crippen molar-refractivity contribution in [2.24, 2.45) is 0 Å². The smallest absolute Gasteiger partial charge is 0.0568 e. The van der Waals surface area contributed by atoms with E-state index in [-0.39, 0.29) is 0 Å². The van der Waals surface area contributed by atoms with Crippen LogP contribution < -0.4 is 0 Å². The minimum Gasteiger partial charge on any atom is -0.272 e. The van der Waals surface area contributed by atoms with Crippen LogP contribution in [0, 0.1) is 6.92 Å². The summed E-state index contributed by atoms with van der Waals surface area (Å²) >= 11 is 0. The lowest BCUT2D eigenvalue weighted by atomic mass is 10.1. The Morgan fingerprint density at radius 3 is 2.40 bits per heavy atom. The van der Waals surface area contributed by atoms with Crippen LogP contribution in [-0.2, 0) is 13.0 Å². The fourth-order valence-electron chi connectivity index (χ4n) is 2.27. The Morgan fingerprint density at radius 1 is 0.900 bits per heavy atom. The molecule has 0 bridgehead atoms. The minimum absolute atomic E-state index is 0.913. The van der Waals surface area contributed by atoms with Crippen molar-refractivity contribution >= 4 is 0 Å². The zero-order valence-corrected chi connectivity index (χ0v) is 11.7. The van der Waals surface area contributed by atoms with Crippen molar-refractivity contribution in [2.45, 2.75) is 19.9 Å². The van der Waals surface area contributed by atoms with Crippen molar-refractivity contribution in [3.8, 4) is 11.1 Å². The first-order valence-corrected chi connectivity index (χ1v) is 6.95. The zero-order valence-electron chi connectivity index (χ0n) is 11.7. The summed E-state index contributed by atoms with van der Waals surface area (Å²) in [6.45, 7) is 3.02. The van der Waals surface area contributed by atoms with Crippen LogP contribution in [0.3, 0.4) is 0 Å². The second kappa shape index (κ2) is 5.74. The molecule has 0 aliphatic rings. The average Bonchev–Trinajstić information content (AvgIpc) is 2.96. The lowest BCUT2D eigenvalue weighted by molar-refractivity contribution is 0.615. The maximum atomic E-state index is 4.45. The molecule has 0 aliphatic carbocycles. The van der Waals surface area contributed by atoms with E-state index < -0.39 is 0 Å². The maximum absolute atomic E-state index is 4.45. The van der Waals surface area contributed by atoms with Gasteiger partial charge in [0.1, 0.15) is 0 Å². The number of rotatable bonds is 4.